The Bertz CT molecular complexity index is 299. The number of carbonyl (C=O) groups excluding carboxylic acids is 1. The lowest BCUT2D eigenvalue weighted by Gasteiger charge is -2.25. The highest BCUT2D eigenvalue weighted by Gasteiger charge is 2.15. The van der Waals surface area contributed by atoms with Gasteiger partial charge in [0.25, 0.3) is 0 Å². The average molecular weight is 175 g/mol. The van der Waals surface area contributed by atoms with Gasteiger partial charge in [-0.05, 0) is 18.4 Å². The molecular formula is C11H13NO. The Labute approximate surface area is 78.2 Å². The Kier molecular flexibility index (Phi) is 2.30. The Morgan fingerprint density at radius 3 is 3.15 bits per heavy atom. The van der Waals surface area contributed by atoms with Gasteiger partial charge in [-0.3, -0.25) is 4.79 Å². The smallest absolute Gasteiger partial charge is 0.210 e. The van der Waals surface area contributed by atoms with Crippen molar-refractivity contribution >= 4 is 6.41 Å². The van der Waals surface area contributed by atoms with E-state index < -0.39 is 0 Å². The summed E-state index contributed by atoms with van der Waals surface area (Å²) in [6.07, 6.45) is 11.4. The van der Waals surface area contributed by atoms with E-state index in [0.717, 1.165) is 32.3 Å². The molecule has 0 aromatic carbocycles. The van der Waals surface area contributed by atoms with Gasteiger partial charge in [-0.1, -0.05) is 29.9 Å². The number of rotatable bonds is 1. The maximum absolute atomic E-state index is 10.6. The third-order valence-electron chi connectivity index (χ3n) is 2.59. The highest BCUT2D eigenvalue weighted by Crippen LogP contribution is 2.23. The van der Waals surface area contributed by atoms with Gasteiger partial charge in [0.05, 0.1) is 0 Å². The fraction of sp³-hybridized carbons (Fsp3) is 0.364. The van der Waals surface area contributed by atoms with Gasteiger partial charge in [0.1, 0.15) is 0 Å². The highest BCUT2D eigenvalue weighted by molar-refractivity contribution is 5.50. The lowest BCUT2D eigenvalue weighted by atomic mass is 9.98. The highest BCUT2D eigenvalue weighted by atomic mass is 16.1. The minimum absolute atomic E-state index is 0.789. The quantitative estimate of drug-likeness (QED) is 0.555. The van der Waals surface area contributed by atoms with E-state index in [1.165, 1.54) is 11.1 Å². The average Bonchev–Trinajstić information content (AvgIpc) is 2.41. The second-order valence-corrected chi connectivity index (χ2v) is 3.45. The fourth-order valence-electron chi connectivity index (χ4n) is 1.80. The fourth-order valence-corrected chi connectivity index (χ4v) is 1.80. The van der Waals surface area contributed by atoms with Crippen molar-refractivity contribution in [3.8, 4) is 0 Å². The van der Waals surface area contributed by atoms with Gasteiger partial charge < -0.3 is 4.90 Å². The van der Waals surface area contributed by atoms with Crippen molar-refractivity contribution in [1.29, 1.82) is 0 Å². The first-order valence-corrected chi connectivity index (χ1v) is 4.63. The molecule has 0 aromatic rings. The Morgan fingerprint density at radius 2 is 2.31 bits per heavy atom. The molecular weight excluding hydrogens is 162 g/mol. The van der Waals surface area contributed by atoms with Crippen LogP contribution in [0.25, 0.3) is 0 Å². The summed E-state index contributed by atoms with van der Waals surface area (Å²) < 4.78 is 0. The lowest BCUT2D eigenvalue weighted by molar-refractivity contribution is -0.117. The van der Waals surface area contributed by atoms with Crippen LogP contribution in [0.4, 0.5) is 0 Å². The number of hydrogen-bond donors (Lipinski definition) is 0. The van der Waals surface area contributed by atoms with Gasteiger partial charge in [0.15, 0.2) is 0 Å². The Morgan fingerprint density at radius 1 is 1.38 bits per heavy atom. The van der Waals surface area contributed by atoms with Gasteiger partial charge in [-0.25, -0.2) is 0 Å². The normalized spacial score (nSPS) is 21.4. The monoisotopic (exact) mass is 175 g/mol. The van der Waals surface area contributed by atoms with Crippen molar-refractivity contribution in [3.05, 3.63) is 35.5 Å². The second-order valence-electron chi connectivity index (χ2n) is 3.45. The van der Waals surface area contributed by atoms with Crippen molar-refractivity contribution in [3.63, 3.8) is 0 Å². The topological polar surface area (TPSA) is 20.3 Å². The molecule has 0 atom stereocenters. The van der Waals surface area contributed by atoms with Crippen LogP contribution in [0.2, 0.25) is 0 Å². The first-order valence-electron chi connectivity index (χ1n) is 4.63. The van der Waals surface area contributed by atoms with E-state index in [-0.39, 0.29) is 0 Å². The first-order chi connectivity index (χ1) is 6.40. The molecule has 1 heterocycles. The van der Waals surface area contributed by atoms with Crippen LogP contribution in [0.15, 0.2) is 35.5 Å². The molecule has 13 heavy (non-hydrogen) atoms. The van der Waals surface area contributed by atoms with Crippen LogP contribution in [-0.2, 0) is 4.79 Å². The Hall–Kier alpha value is -1.31. The molecule has 0 fully saturated rings. The molecule has 0 bridgehead atoms. The van der Waals surface area contributed by atoms with Gasteiger partial charge in [0.2, 0.25) is 6.41 Å². The summed E-state index contributed by atoms with van der Waals surface area (Å²) in [6, 6.07) is 0. The molecule has 2 aliphatic rings. The van der Waals surface area contributed by atoms with E-state index in [1.807, 2.05) is 4.90 Å². The van der Waals surface area contributed by atoms with Crippen LogP contribution in [-0.4, -0.2) is 24.4 Å². The minimum Gasteiger partial charge on any atom is -0.341 e. The van der Waals surface area contributed by atoms with E-state index in [9.17, 15) is 4.79 Å². The van der Waals surface area contributed by atoms with Gasteiger partial charge in [0, 0.05) is 13.1 Å². The number of allylic oxidation sites excluding steroid dienone is 3. The predicted molar refractivity (Wildman–Crippen MR) is 52.2 cm³/mol. The van der Waals surface area contributed by atoms with Gasteiger partial charge >= 0.3 is 0 Å². The van der Waals surface area contributed by atoms with E-state index in [2.05, 4.69) is 24.3 Å². The zero-order valence-corrected chi connectivity index (χ0v) is 7.57. The molecule has 0 saturated heterocycles. The van der Waals surface area contributed by atoms with Gasteiger partial charge in [-0.2, -0.15) is 0 Å². The molecule has 2 nitrogen and oxygen atoms in total. The maximum atomic E-state index is 10.6. The molecule has 0 unspecified atom stereocenters. The molecule has 0 saturated carbocycles. The third kappa shape index (κ3) is 1.72. The molecule has 0 N–H and O–H groups in total. The first kappa shape index (κ1) is 8.30. The number of amides is 1. The summed E-state index contributed by atoms with van der Waals surface area (Å²) in [6.45, 7) is 1.67. The van der Waals surface area contributed by atoms with Crippen LogP contribution in [0, 0.1) is 0 Å². The summed E-state index contributed by atoms with van der Waals surface area (Å²) in [5, 5.41) is 0. The summed E-state index contributed by atoms with van der Waals surface area (Å²) >= 11 is 0. The molecule has 0 aromatic heterocycles. The van der Waals surface area contributed by atoms with E-state index in [0.29, 0.717) is 0 Å². The number of nitrogens with zero attached hydrogens (tertiary/aromatic N) is 1. The second kappa shape index (κ2) is 3.60. The summed E-state index contributed by atoms with van der Waals surface area (Å²) in [7, 11) is 0. The SMILES string of the molecule is O=CN1CCC2=C(C=CC=CC2)C1. The number of hydrogen-bond acceptors (Lipinski definition) is 1. The molecule has 0 spiro atoms. The van der Waals surface area contributed by atoms with Crippen LogP contribution < -0.4 is 0 Å². The van der Waals surface area contributed by atoms with Crippen molar-refractivity contribution in [2.24, 2.45) is 0 Å². The van der Waals surface area contributed by atoms with Crippen LogP contribution in [0.5, 0.6) is 0 Å². The molecule has 68 valence electrons. The van der Waals surface area contributed by atoms with E-state index >= 15 is 0 Å². The molecule has 2 rings (SSSR count). The van der Waals surface area contributed by atoms with E-state index in [1.54, 1.807) is 0 Å². The summed E-state index contributed by atoms with van der Waals surface area (Å²) in [5.41, 5.74) is 2.81. The van der Waals surface area contributed by atoms with Crippen molar-refractivity contribution in [2.45, 2.75) is 12.8 Å². The summed E-state index contributed by atoms with van der Waals surface area (Å²) in [5.74, 6) is 0. The Balaban J connectivity index is 2.20. The van der Waals surface area contributed by atoms with Crippen molar-refractivity contribution in [1.82, 2.24) is 4.90 Å². The van der Waals surface area contributed by atoms with Gasteiger partial charge in [-0.15, -0.1) is 0 Å². The third-order valence-corrected chi connectivity index (χ3v) is 2.59. The zero-order valence-electron chi connectivity index (χ0n) is 7.57. The largest absolute Gasteiger partial charge is 0.341 e. The molecule has 1 aliphatic heterocycles. The molecule has 1 amide bonds. The standard InChI is InChI=1S/C11H13NO/c13-9-12-7-6-10-4-2-1-3-5-11(10)8-12/h1-3,5,9H,4,6-8H2. The number of carbonyl (C=O) groups is 1. The van der Waals surface area contributed by atoms with Crippen molar-refractivity contribution < 1.29 is 4.79 Å². The van der Waals surface area contributed by atoms with Crippen LogP contribution >= 0.6 is 0 Å². The molecule has 1 aliphatic carbocycles. The lowest BCUT2D eigenvalue weighted by Crippen LogP contribution is -2.29. The summed E-state index contributed by atoms with van der Waals surface area (Å²) in [4.78, 5) is 12.4. The minimum atomic E-state index is 0.789. The van der Waals surface area contributed by atoms with E-state index in [4.69, 9.17) is 0 Å². The maximum Gasteiger partial charge on any atom is 0.210 e. The van der Waals surface area contributed by atoms with Crippen LogP contribution in [0.1, 0.15) is 12.8 Å². The molecule has 0 radical (unpaired) electrons. The van der Waals surface area contributed by atoms with Crippen molar-refractivity contribution in [2.75, 3.05) is 13.1 Å². The zero-order chi connectivity index (χ0) is 9.10. The predicted octanol–water partition coefficient (Wildman–Crippen LogP) is 1.66. The van der Waals surface area contributed by atoms with Crippen LogP contribution in [0.3, 0.4) is 0 Å². The molecule has 2 heteroatoms.